The number of aromatic nitrogens is 2. The van der Waals surface area contributed by atoms with Crippen molar-refractivity contribution in [3.05, 3.63) is 30.1 Å². The van der Waals surface area contributed by atoms with Gasteiger partial charge in [-0.25, -0.2) is 0 Å². The van der Waals surface area contributed by atoms with Gasteiger partial charge in [0.1, 0.15) is 0 Å². The van der Waals surface area contributed by atoms with Gasteiger partial charge in [0.05, 0.1) is 11.7 Å². The molecular weight excluding hydrogens is 198 g/mol. The topological polar surface area (TPSA) is 29.9 Å². The van der Waals surface area contributed by atoms with Crippen molar-refractivity contribution in [2.24, 2.45) is 0 Å². The van der Waals surface area contributed by atoms with E-state index in [2.05, 4.69) is 49.5 Å². The van der Waals surface area contributed by atoms with Crippen LogP contribution in [0.2, 0.25) is 0 Å². The molecule has 1 heterocycles. The quantitative estimate of drug-likeness (QED) is 0.612. The van der Waals surface area contributed by atoms with Crippen molar-refractivity contribution in [3.8, 4) is 0 Å². The zero-order chi connectivity index (χ0) is 12.0. The molecule has 0 amide bonds. The number of nitrogens with zero attached hydrogens (tertiary/aromatic N) is 2. The molecule has 1 aromatic heterocycles. The van der Waals surface area contributed by atoms with Crippen molar-refractivity contribution in [1.29, 1.82) is 0 Å². The summed E-state index contributed by atoms with van der Waals surface area (Å²) in [5.74, 6) is 0. The molecule has 16 heavy (non-hydrogen) atoms. The van der Waals surface area contributed by atoms with E-state index in [0.29, 0.717) is 0 Å². The molecule has 0 spiro atoms. The first-order valence-electron chi connectivity index (χ1n) is 5.90. The first-order chi connectivity index (χ1) is 7.54. The maximum absolute atomic E-state index is 4.37. The summed E-state index contributed by atoms with van der Waals surface area (Å²) in [7, 11) is 0. The fourth-order valence-corrected chi connectivity index (χ4v) is 1.40. The van der Waals surface area contributed by atoms with E-state index in [9.17, 15) is 0 Å². The van der Waals surface area contributed by atoms with Gasteiger partial charge in [-0.3, -0.25) is 4.68 Å². The van der Waals surface area contributed by atoms with Crippen LogP contribution in [0.1, 0.15) is 39.7 Å². The Hall–Kier alpha value is -1.09. The summed E-state index contributed by atoms with van der Waals surface area (Å²) in [6.07, 6.45) is 9.39. The molecule has 0 aliphatic rings. The van der Waals surface area contributed by atoms with Crippen LogP contribution in [0.5, 0.6) is 0 Å². The van der Waals surface area contributed by atoms with Crippen LogP contribution in [-0.2, 0) is 12.1 Å². The SMILES string of the molecule is C/C=C/CCNCc1cnn(C(C)(C)C)c1. The highest BCUT2D eigenvalue weighted by Gasteiger charge is 2.13. The van der Waals surface area contributed by atoms with E-state index in [0.717, 1.165) is 19.5 Å². The average molecular weight is 221 g/mol. The van der Waals surface area contributed by atoms with Crippen LogP contribution in [0.15, 0.2) is 24.5 Å². The Bertz CT molecular complexity index is 331. The molecule has 0 radical (unpaired) electrons. The van der Waals surface area contributed by atoms with Crippen molar-refractivity contribution in [3.63, 3.8) is 0 Å². The Morgan fingerprint density at radius 3 is 2.75 bits per heavy atom. The van der Waals surface area contributed by atoms with Crippen molar-refractivity contribution in [2.75, 3.05) is 6.54 Å². The third-order valence-corrected chi connectivity index (χ3v) is 2.38. The molecule has 90 valence electrons. The molecule has 3 heteroatoms. The minimum absolute atomic E-state index is 0.0726. The summed E-state index contributed by atoms with van der Waals surface area (Å²) < 4.78 is 2.01. The Kier molecular flexibility index (Phi) is 4.74. The molecular formula is C13H23N3. The number of hydrogen-bond donors (Lipinski definition) is 1. The summed E-state index contributed by atoms with van der Waals surface area (Å²) >= 11 is 0. The summed E-state index contributed by atoms with van der Waals surface area (Å²) in [5, 5.41) is 7.76. The molecule has 3 nitrogen and oxygen atoms in total. The third kappa shape index (κ3) is 4.19. The second-order valence-electron chi connectivity index (χ2n) is 5.00. The van der Waals surface area contributed by atoms with Crippen LogP contribution in [-0.4, -0.2) is 16.3 Å². The van der Waals surface area contributed by atoms with Crippen molar-refractivity contribution in [1.82, 2.24) is 15.1 Å². The molecule has 0 bridgehead atoms. The van der Waals surface area contributed by atoms with Gasteiger partial charge >= 0.3 is 0 Å². The van der Waals surface area contributed by atoms with Gasteiger partial charge in [0, 0.05) is 18.3 Å². The average Bonchev–Trinajstić information content (AvgIpc) is 2.65. The van der Waals surface area contributed by atoms with Gasteiger partial charge in [0.2, 0.25) is 0 Å². The van der Waals surface area contributed by atoms with Crippen LogP contribution < -0.4 is 5.32 Å². The van der Waals surface area contributed by atoms with Gasteiger partial charge in [0.25, 0.3) is 0 Å². The number of hydrogen-bond acceptors (Lipinski definition) is 2. The highest BCUT2D eigenvalue weighted by atomic mass is 15.3. The predicted molar refractivity (Wildman–Crippen MR) is 68.4 cm³/mol. The summed E-state index contributed by atoms with van der Waals surface area (Å²) in [5.41, 5.74) is 1.32. The highest BCUT2D eigenvalue weighted by Crippen LogP contribution is 2.12. The maximum Gasteiger partial charge on any atom is 0.0543 e. The van der Waals surface area contributed by atoms with E-state index in [-0.39, 0.29) is 5.54 Å². The Morgan fingerprint density at radius 2 is 2.19 bits per heavy atom. The molecule has 0 unspecified atom stereocenters. The lowest BCUT2D eigenvalue weighted by molar-refractivity contribution is 0.355. The van der Waals surface area contributed by atoms with E-state index in [1.807, 2.05) is 17.8 Å². The molecule has 1 N–H and O–H groups in total. The predicted octanol–water partition coefficient (Wildman–Crippen LogP) is 2.69. The van der Waals surface area contributed by atoms with E-state index >= 15 is 0 Å². The van der Waals surface area contributed by atoms with Gasteiger partial charge in [-0.05, 0) is 40.7 Å². The molecule has 0 saturated carbocycles. The van der Waals surface area contributed by atoms with Gasteiger partial charge in [0.15, 0.2) is 0 Å². The van der Waals surface area contributed by atoms with Gasteiger partial charge < -0.3 is 5.32 Å². The van der Waals surface area contributed by atoms with Crippen LogP contribution in [0, 0.1) is 0 Å². The fraction of sp³-hybridized carbons (Fsp3) is 0.615. The molecule has 1 rings (SSSR count). The van der Waals surface area contributed by atoms with Crippen LogP contribution in [0.4, 0.5) is 0 Å². The van der Waals surface area contributed by atoms with Gasteiger partial charge in [-0.2, -0.15) is 5.10 Å². The molecule has 0 aliphatic carbocycles. The fourth-order valence-electron chi connectivity index (χ4n) is 1.40. The van der Waals surface area contributed by atoms with Crippen LogP contribution >= 0.6 is 0 Å². The Balaban J connectivity index is 2.35. The summed E-state index contributed by atoms with van der Waals surface area (Å²) in [4.78, 5) is 0. The van der Waals surface area contributed by atoms with Crippen LogP contribution in [0.3, 0.4) is 0 Å². The van der Waals surface area contributed by atoms with Crippen molar-refractivity contribution < 1.29 is 0 Å². The lowest BCUT2D eigenvalue weighted by Crippen LogP contribution is -2.22. The van der Waals surface area contributed by atoms with E-state index in [1.165, 1.54) is 5.56 Å². The normalized spacial score (nSPS) is 12.5. The number of allylic oxidation sites excluding steroid dienone is 1. The smallest absolute Gasteiger partial charge is 0.0543 e. The maximum atomic E-state index is 4.37. The van der Waals surface area contributed by atoms with Gasteiger partial charge in [-0.15, -0.1) is 0 Å². The molecule has 0 saturated heterocycles. The number of rotatable bonds is 5. The van der Waals surface area contributed by atoms with E-state index in [1.54, 1.807) is 0 Å². The van der Waals surface area contributed by atoms with Crippen LogP contribution in [0.25, 0.3) is 0 Å². The summed E-state index contributed by atoms with van der Waals surface area (Å²) in [6, 6.07) is 0. The lowest BCUT2D eigenvalue weighted by atomic mass is 10.1. The molecule has 0 fully saturated rings. The Morgan fingerprint density at radius 1 is 1.44 bits per heavy atom. The molecule has 1 aromatic rings. The molecule has 0 aromatic carbocycles. The number of nitrogens with one attached hydrogen (secondary N) is 1. The molecule has 0 atom stereocenters. The zero-order valence-electron chi connectivity index (χ0n) is 10.8. The van der Waals surface area contributed by atoms with Crippen molar-refractivity contribution >= 4 is 0 Å². The zero-order valence-corrected chi connectivity index (χ0v) is 10.8. The third-order valence-electron chi connectivity index (χ3n) is 2.38. The largest absolute Gasteiger partial charge is 0.312 e. The monoisotopic (exact) mass is 221 g/mol. The standard InChI is InChI=1S/C13H23N3/c1-5-6-7-8-14-9-12-10-15-16(11-12)13(2,3)4/h5-6,10-11,14H,7-9H2,1-4H3/b6-5+. The second-order valence-corrected chi connectivity index (χ2v) is 5.00. The second kappa shape index (κ2) is 5.85. The molecule has 0 aliphatic heterocycles. The van der Waals surface area contributed by atoms with E-state index < -0.39 is 0 Å². The Labute approximate surface area is 98.5 Å². The lowest BCUT2D eigenvalue weighted by Gasteiger charge is -2.18. The van der Waals surface area contributed by atoms with Gasteiger partial charge in [-0.1, -0.05) is 12.2 Å². The highest BCUT2D eigenvalue weighted by molar-refractivity contribution is 5.04. The summed E-state index contributed by atoms with van der Waals surface area (Å²) in [6.45, 7) is 10.4. The minimum Gasteiger partial charge on any atom is -0.312 e. The first-order valence-corrected chi connectivity index (χ1v) is 5.90. The van der Waals surface area contributed by atoms with Crippen molar-refractivity contribution in [2.45, 2.75) is 46.2 Å². The minimum atomic E-state index is 0.0726. The first kappa shape index (κ1) is 13.0. The van der Waals surface area contributed by atoms with E-state index in [4.69, 9.17) is 0 Å².